The number of aliphatic hydroxyl groups is 2. The van der Waals surface area contributed by atoms with Crippen molar-refractivity contribution in [3.05, 3.63) is 99.0 Å². The molecule has 2 bridgehead atoms. The van der Waals surface area contributed by atoms with Crippen molar-refractivity contribution in [3.8, 4) is 5.75 Å². The number of hydrogen-bond donors (Lipinski definition) is 2. The molecule has 6 nitrogen and oxygen atoms in total. The van der Waals surface area contributed by atoms with Crippen LogP contribution in [0.2, 0.25) is 5.02 Å². The van der Waals surface area contributed by atoms with E-state index in [2.05, 4.69) is 15.9 Å². The molecule has 1 saturated carbocycles. The van der Waals surface area contributed by atoms with Crippen molar-refractivity contribution in [1.29, 1.82) is 0 Å². The maximum Gasteiger partial charge on any atom is 0.221 e. The number of sulfonamides is 1. The number of fused-ring (bicyclic) bond motifs is 4. The Balaban J connectivity index is 1.71. The summed E-state index contributed by atoms with van der Waals surface area (Å²) in [5.41, 5.74) is -2.30. The van der Waals surface area contributed by atoms with Crippen molar-refractivity contribution >= 4 is 37.6 Å². The summed E-state index contributed by atoms with van der Waals surface area (Å²) in [4.78, 5) is 0. The number of ether oxygens (including phenoxy) is 1. The van der Waals surface area contributed by atoms with Gasteiger partial charge in [-0.25, -0.2) is 12.7 Å². The van der Waals surface area contributed by atoms with E-state index in [0.717, 1.165) is 17.3 Å². The smallest absolute Gasteiger partial charge is 0.221 e. The molecule has 3 aromatic rings. The second kappa shape index (κ2) is 8.55. The highest BCUT2D eigenvalue weighted by atomic mass is 79.9. The van der Waals surface area contributed by atoms with Crippen LogP contribution in [0.25, 0.3) is 0 Å². The molecule has 0 amide bonds. The molecule has 3 aromatic carbocycles. The molecule has 2 N–H and O–H groups in total. The third-order valence-electron chi connectivity index (χ3n) is 7.88. The van der Waals surface area contributed by atoms with E-state index in [1.807, 2.05) is 42.5 Å². The number of aliphatic hydroxyl groups excluding tert-OH is 1. The largest absolute Gasteiger partial charge is 0.479 e. The number of nitrogens with zero attached hydrogens (tertiary/aromatic N) is 1. The van der Waals surface area contributed by atoms with E-state index in [-0.39, 0.29) is 11.3 Å². The lowest BCUT2D eigenvalue weighted by Gasteiger charge is -2.44. The SMILES string of the molecule is O=S(=O)(C1C(c2ccccc2)[C@]2(c3ccc(Br)cc3)Oc3cc(Cl)ccc3[C@@]1(O)C2O)N1CCCC1. The van der Waals surface area contributed by atoms with E-state index >= 15 is 0 Å². The van der Waals surface area contributed by atoms with Gasteiger partial charge in [0, 0.05) is 28.1 Å². The summed E-state index contributed by atoms with van der Waals surface area (Å²) in [6.45, 7) is 0.762. The van der Waals surface area contributed by atoms with Crippen LogP contribution in [-0.4, -0.2) is 47.4 Å². The van der Waals surface area contributed by atoms with Gasteiger partial charge in [0.1, 0.15) is 22.7 Å². The zero-order valence-electron chi connectivity index (χ0n) is 19.2. The number of benzene rings is 3. The molecule has 1 saturated heterocycles. The van der Waals surface area contributed by atoms with Crippen LogP contribution in [0.4, 0.5) is 0 Å². The van der Waals surface area contributed by atoms with E-state index in [1.54, 1.807) is 30.3 Å². The summed E-state index contributed by atoms with van der Waals surface area (Å²) in [7, 11) is -4.09. The Morgan fingerprint density at radius 1 is 1.00 bits per heavy atom. The molecule has 1 aliphatic carbocycles. The fraction of sp³-hybridized carbons (Fsp3) is 0.333. The lowest BCUT2D eigenvalue weighted by atomic mass is 9.76. The normalized spacial score (nSPS) is 31.7. The summed E-state index contributed by atoms with van der Waals surface area (Å²) in [6, 6.07) is 21.1. The van der Waals surface area contributed by atoms with E-state index in [4.69, 9.17) is 16.3 Å². The molecule has 2 heterocycles. The highest BCUT2D eigenvalue weighted by Gasteiger charge is 2.77. The second-order valence-corrected chi connectivity index (χ2v) is 13.1. The minimum absolute atomic E-state index is 0.221. The molecule has 36 heavy (non-hydrogen) atoms. The van der Waals surface area contributed by atoms with Gasteiger partial charge in [0.25, 0.3) is 0 Å². The molecule has 188 valence electrons. The van der Waals surface area contributed by atoms with Crippen molar-refractivity contribution in [2.75, 3.05) is 13.1 Å². The highest BCUT2D eigenvalue weighted by Crippen LogP contribution is 2.66. The zero-order valence-corrected chi connectivity index (χ0v) is 22.4. The Labute approximate surface area is 223 Å². The van der Waals surface area contributed by atoms with Crippen LogP contribution in [-0.2, 0) is 21.2 Å². The number of halogens is 2. The lowest BCUT2D eigenvalue weighted by molar-refractivity contribution is -0.147. The van der Waals surface area contributed by atoms with Gasteiger partial charge in [-0.1, -0.05) is 76.1 Å². The first-order valence-electron chi connectivity index (χ1n) is 11.9. The van der Waals surface area contributed by atoms with Gasteiger partial charge in [0.05, 0.1) is 5.92 Å². The van der Waals surface area contributed by atoms with Gasteiger partial charge in [-0.05, 0) is 48.2 Å². The first-order valence-corrected chi connectivity index (χ1v) is 14.6. The van der Waals surface area contributed by atoms with E-state index in [9.17, 15) is 18.6 Å². The quantitative estimate of drug-likeness (QED) is 0.466. The first kappa shape index (κ1) is 24.4. The summed E-state index contributed by atoms with van der Waals surface area (Å²) >= 11 is 9.77. The molecule has 3 unspecified atom stereocenters. The molecule has 9 heteroatoms. The van der Waals surface area contributed by atoms with Crippen molar-refractivity contribution in [1.82, 2.24) is 4.31 Å². The Hall–Kier alpha value is -1.94. The third kappa shape index (κ3) is 3.28. The number of hydrogen-bond acceptors (Lipinski definition) is 5. The molecule has 6 rings (SSSR count). The molecule has 2 aliphatic heterocycles. The van der Waals surface area contributed by atoms with Gasteiger partial charge in [-0.3, -0.25) is 0 Å². The second-order valence-electron chi connectivity index (χ2n) is 9.73. The maximum atomic E-state index is 14.4. The molecule has 0 radical (unpaired) electrons. The molecule has 0 spiro atoms. The minimum atomic E-state index is -4.09. The van der Waals surface area contributed by atoms with Gasteiger partial charge in [0.2, 0.25) is 10.0 Å². The summed E-state index contributed by atoms with van der Waals surface area (Å²) in [5, 5.41) is 23.6. The fourth-order valence-electron chi connectivity index (χ4n) is 6.34. The average Bonchev–Trinajstić information content (AvgIpc) is 3.45. The standard InChI is InChI=1S/C27H25BrClNO5S/c28-19-10-8-18(9-11-19)27-23(17-6-2-1-3-7-17)24(36(33,34)30-14-4-5-15-30)26(32,25(27)31)21-13-12-20(29)16-22(21)35-27/h1-3,6-13,16,23-25,31-32H,4-5,14-15H2/t23?,24?,25?,26-,27-/m0/s1. The Morgan fingerprint density at radius 2 is 1.67 bits per heavy atom. The van der Waals surface area contributed by atoms with E-state index in [1.165, 1.54) is 4.31 Å². The Bertz CT molecular complexity index is 1410. The fourth-order valence-corrected chi connectivity index (χ4v) is 9.26. The van der Waals surface area contributed by atoms with Crippen LogP contribution in [0, 0.1) is 0 Å². The van der Waals surface area contributed by atoms with Crippen LogP contribution in [0.15, 0.2) is 77.3 Å². The number of rotatable bonds is 4. The topological polar surface area (TPSA) is 87.1 Å². The molecule has 2 fully saturated rings. The van der Waals surface area contributed by atoms with Crippen molar-refractivity contribution < 1.29 is 23.4 Å². The third-order valence-corrected chi connectivity index (χ3v) is 11.0. The van der Waals surface area contributed by atoms with Gasteiger partial charge in [0.15, 0.2) is 5.60 Å². The van der Waals surface area contributed by atoms with Crippen LogP contribution in [0.1, 0.15) is 35.4 Å². The van der Waals surface area contributed by atoms with Crippen LogP contribution >= 0.6 is 27.5 Å². The molecule has 3 aliphatic rings. The van der Waals surface area contributed by atoms with Crippen LogP contribution < -0.4 is 4.74 Å². The van der Waals surface area contributed by atoms with Crippen molar-refractivity contribution in [2.24, 2.45) is 0 Å². The first-order chi connectivity index (χ1) is 17.2. The van der Waals surface area contributed by atoms with Gasteiger partial charge >= 0.3 is 0 Å². The lowest BCUT2D eigenvalue weighted by Crippen LogP contribution is -2.56. The van der Waals surface area contributed by atoms with Gasteiger partial charge in [-0.15, -0.1) is 0 Å². The van der Waals surface area contributed by atoms with E-state index in [0.29, 0.717) is 29.2 Å². The summed E-state index contributed by atoms with van der Waals surface area (Å²) in [6.07, 6.45) is -0.0695. The maximum absolute atomic E-state index is 14.4. The molecular formula is C27H25BrClNO5S. The summed E-state index contributed by atoms with van der Waals surface area (Å²) in [5.74, 6) is -0.657. The Kier molecular flexibility index (Phi) is 5.79. The minimum Gasteiger partial charge on any atom is -0.479 e. The zero-order chi connectivity index (χ0) is 25.3. The molecular weight excluding hydrogens is 566 g/mol. The van der Waals surface area contributed by atoms with E-state index < -0.39 is 38.5 Å². The monoisotopic (exact) mass is 589 g/mol. The molecule has 5 atom stereocenters. The van der Waals surface area contributed by atoms with Crippen LogP contribution in [0.3, 0.4) is 0 Å². The predicted octanol–water partition coefficient (Wildman–Crippen LogP) is 4.53. The summed E-state index contributed by atoms with van der Waals surface area (Å²) < 4.78 is 37.7. The highest BCUT2D eigenvalue weighted by molar-refractivity contribution is 9.10. The van der Waals surface area contributed by atoms with Crippen LogP contribution in [0.5, 0.6) is 5.75 Å². The van der Waals surface area contributed by atoms with Crippen molar-refractivity contribution in [2.45, 2.75) is 41.3 Å². The predicted molar refractivity (Wildman–Crippen MR) is 141 cm³/mol. The Morgan fingerprint density at radius 3 is 2.33 bits per heavy atom. The molecule has 0 aromatic heterocycles. The average molecular weight is 591 g/mol. The van der Waals surface area contributed by atoms with Crippen molar-refractivity contribution in [3.63, 3.8) is 0 Å². The van der Waals surface area contributed by atoms with Gasteiger partial charge in [-0.2, -0.15) is 0 Å². The van der Waals surface area contributed by atoms with Gasteiger partial charge < -0.3 is 14.9 Å².